The second-order valence-electron chi connectivity index (χ2n) is 5.76. The van der Waals surface area contributed by atoms with Gasteiger partial charge in [0.2, 0.25) is 0 Å². The van der Waals surface area contributed by atoms with Crippen molar-refractivity contribution in [2.45, 2.75) is 46.3 Å². The summed E-state index contributed by atoms with van der Waals surface area (Å²) in [7, 11) is 0. The number of hydrogen-bond donors (Lipinski definition) is 1. The van der Waals surface area contributed by atoms with Crippen molar-refractivity contribution in [1.82, 2.24) is 9.78 Å². The molecule has 2 rings (SSSR count). The number of nitrogens with zero attached hydrogens (tertiary/aromatic N) is 2. The van der Waals surface area contributed by atoms with Crippen LogP contribution in [0.2, 0.25) is 0 Å². The van der Waals surface area contributed by atoms with Crippen LogP contribution in [0, 0.1) is 5.92 Å². The van der Waals surface area contributed by atoms with Gasteiger partial charge >= 0.3 is 0 Å². The summed E-state index contributed by atoms with van der Waals surface area (Å²) >= 11 is 0. The molecule has 1 N–H and O–H groups in total. The largest absolute Gasteiger partial charge is 0.388 e. The SMILES string of the molecule is CCn1cc(CC(O)c2ccc(CC(C)C)cc2)cn1. The molecule has 0 aliphatic heterocycles. The molecule has 1 aromatic heterocycles. The third-order valence-electron chi connectivity index (χ3n) is 3.45. The van der Waals surface area contributed by atoms with Gasteiger partial charge in [0.1, 0.15) is 0 Å². The first kappa shape index (κ1) is 14.8. The van der Waals surface area contributed by atoms with E-state index in [9.17, 15) is 5.11 Å². The zero-order chi connectivity index (χ0) is 14.5. The van der Waals surface area contributed by atoms with Gasteiger partial charge in [0.05, 0.1) is 12.3 Å². The van der Waals surface area contributed by atoms with Gasteiger partial charge in [-0.3, -0.25) is 4.68 Å². The van der Waals surface area contributed by atoms with E-state index in [0.29, 0.717) is 12.3 Å². The maximum absolute atomic E-state index is 10.3. The zero-order valence-electron chi connectivity index (χ0n) is 12.6. The van der Waals surface area contributed by atoms with E-state index < -0.39 is 6.10 Å². The van der Waals surface area contributed by atoms with E-state index in [-0.39, 0.29) is 0 Å². The van der Waals surface area contributed by atoms with E-state index >= 15 is 0 Å². The first-order chi connectivity index (χ1) is 9.58. The number of rotatable bonds is 6. The fourth-order valence-electron chi connectivity index (χ4n) is 2.37. The summed E-state index contributed by atoms with van der Waals surface area (Å²) in [5.74, 6) is 0.658. The average Bonchev–Trinajstić information content (AvgIpc) is 2.86. The van der Waals surface area contributed by atoms with Gasteiger partial charge < -0.3 is 5.11 Å². The van der Waals surface area contributed by atoms with Crippen molar-refractivity contribution in [1.29, 1.82) is 0 Å². The first-order valence-corrected chi connectivity index (χ1v) is 7.36. The molecule has 1 atom stereocenters. The molecule has 0 saturated carbocycles. The Labute approximate surface area is 121 Å². The van der Waals surface area contributed by atoms with Gasteiger partial charge in [0.15, 0.2) is 0 Å². The van der Waals surface area contributed by atoms with Crippen molar-refractivity contribution >= 4 is 0 Å². The van der Waals surface area contributed by atoms with Crippen LogP contribution < -0.4 is 0 Å². The lowest BCUT2D eigenvalue weighted by Crippen LogP contribution is -2.02. The standard InChI is InChI=1S/C17H24N2O/c1-4-19-12-15(11-18-19)10-17(20)16-7-5-14(6-8-16)9-13(2)3/h5-8,11-13,17,20H,4,9-10H2,1-3H3. The lowest BCUT2D eigenvalue weighted by atomic mass is 9.98. The Bertz CT molecular complexity index is 528. The molecular weight excluding hydrogens is 248 g/mol. The van der Waals surface area contributed by atoms with Gasteiger partial charge in [-0.05, 0) is 36.0 Å². The Hall–Kier alpha value is -1.61. The Morgan fingerprint density at radius 2 is 1.80 bits per heavy atom. The van der Waals surface area contributed by atoms with E-state index in [4.69, 9.17) is 0 Å². The van der Waals surface area contributed by atoms with Gasteiger partial charge in [0, 0.05) is 19.2 Å². The van der Waals surface area contributed by atoms with Crippen LogP contribution in [0.3, 0.4) is 0 Å². The molecule has 0 saturated heterocycles. The summed E-state index contributed by atoms with van der Waals surface area (Å²) in [6, 6.07) is 8.31. The molecule has 3 heteroatoms. The molecule has 0 fully saturated rings. The quantitative estimate of drug-likeness (QED) is 0.875. The first-order valence-electron chi connectivity index (χ1n) is 7.36. The Kier molecular flexibility index (Phi) is 4.96. The van der Waals surface area contributed by atoms with Crippen LogP contribution in [-0.4, -0.2) is 14.9 Å². The van der Waals surface area contributed by atoms with Gasteiger partial charge in [-0.15, -0.1) is 0 Å². The second kappa shape index (κ2) is 6.71. The van der Waals surface area contributed by atoms with E-state index in [1.54, 1.807) is 0 Å². The summed E-state index contributed by atoms with van der Waals surface area (Å²) in [6.07, 6.45) is 5.07. The topological polar surface area (TPSA) is 38.0 Å². The third-order valence-corrected chi connectivity index (χ3v) is 3.45. The predicted octanol–water partition coefficient (Wildman–Crippen LogP) is 3.38. The minimum atomic E-state index is -0.461. The fraction of sp³-hybridized carbons (Fsp3) is 0.471. The number of aliphatic hydroxyl groups is 1. The van der Waals surface area contributed by atoms with E-state index in [1.807, 2.05) is 29.2 Å². The average molecular weight is 272 g/mol. The summed E-state index contributed by atoms with van der Waals surface area (Å²) in [5.41, 5.74) is 3.38. The number of aromatic nitrogens is 2. The molecule has 1 unspecified atom stereocenters. The molecular formula is C17H24N2O. The summed E-state index contributed by atoms with van der Waals surface area (Å²) in [6.45, 7) is 7.35. The second-order valence-corrected chi connectivity index (χ2v) is 5.76. The van der Waals surface area contributed by atoms with Gasteiger partial charge in [-0.1, -0.05) is 38.1 Å². The lowest BCUT2D eigenvalue weighted by Gasteiger charge is -2.11. The Balaban J connectivity index is 1.99. The highest BCUT2D eigenvalue weighted by Gasteiger charge is 2.10. The number of aliphatic hydroxyl groups excluding tert-OH is 1. The number of hydrogen-bond acceptors (Lipinski definition) is 2. The molecule has 0 spiro atoms. The van der Waals surface area contributed by atoms with E-state index in [1.165, 1.54) is 5.56 Å². The summed E-state index contributed by atoms with van der Waals surface area (Å²) in [5, 5.41) is 14.5. The van der Waals surface area contributed by atoms with Crippen LogP contribution in [0.1, 0.15) is 43.6 Å². The van der Waals surface area contributed by atoms with Gasteiger partial charge in [-0.25, -0.2) is 0 Å². The fourth-order valence-corrected chi connectivity index (χ4v) is 2.37. The molecule has 108 valence electrons. The highest BCUT2D eigenvalue weighted by atomic mass is 16.3. The predicted molar refractivity (Wildman–Crippen MR) is 81.5 cm³/mol. The molecule has 3 nitrogen and oxygen atoms in total. The minimum absolute atomic E-state index is 0.461. The van der Waals surface area contributed by atoms with Crippen LogP contribution in [0.15, 0.2) is 36.7 Å². The van der Waals surface area contributed by atoms with E-state index in [0.717, 1.165) is 24.1 Å². The summed E-state index contributed by atoms with van der Waals surface area (Å²) < 4.78 is 1.88. The lowest BCUT2D eigenvalue weighted by molar-refractivity contribution is 0.178. The Morgan fingerprint density at radius 3 is 2.35 bits per heavy atom. The molecule has 0 radical (unpaired) electrons. The minimum Gasteiger partial charge on any atom is -0.388 e. The highest BCUT2D eigenvalue weighted by molar-refractivity contribution is 5.25. The number of benzene rings is 1. The van der Waals surface area contributed by atoms with Crippen molar-refractivity contribution in [2.75, 3.05) is 0 Å². The molecule has 0 bridgehead atoms. The van der Waals surface area contributed by atoms with Crippen molar-refractivity contribution in [2.24, 2.45) is 5.92 Å². The van der Waals surface area contributed by atoms with Crippen LogP contribution in [0.4, 0.5) is 0 Å². The molecule has 0 aliphatic rings. The maximum atomic E-state index is 10.3. The van der Waals surface area contributed by atoms with Gasteiger partial charge in [0.25, 0.3) is 0 Å². The van der Waals surface area contributed by atoms with Crippen LogP contribution in [-0.2, 0) is 19.4 Å². The molecule has 1 heterocycles. The molecule has 20 heavy (non-hydrogen) atoms. The van der Waals surface area contributed by atoms with E-state index in [2.05, 4.69) is 38.0 Å². The maximum Gasteiger partial charge on any atom is 0.0831 e. The number of aryl methyl sites for hydroxylation is 1. The molecule has 0 amide bonds. The normalized spacial score (nSPS) is 12.8. The van der Waals surface area contributed by atoms with Crippen molar-refractivity contribution in [3.8, 4) is 0 Å². The van der Waals surface area contributed by atoms with Crippen molar-refractivity contribution < 1.29 is 5.11 Å². The highest BCUT2D eigenvalue weighted by Crippen LogP contribution is 2.19. The zero-order valence-corrected chi connectivity index (χ0v) is 12.6. The molecule has 2 aromatic rings. The van der Waals surface area contributed by atoms with Crippen LogP contribution in [0.5, 0.6) is 0 Å². The third kappa shape index (κ3) is 3.94. The Morgan fingerprint density at radius 1 is 1.10 bits per heavy atom. The van der Waals surface area contributed by atoms with Crippen molar-refractivity contribution in [3.05, 3.63) is 53.3 Å². The van der Waals surface area contributed by atoms with Crippen LogP contribution >= 0.6 is 0 Å². The smallest absolute Gasteiger partial charge is 0.0831 e. The van der Waals surface area contributed by atoms with Crippen LogP contribution in [0.25, 0.3) is 0 Å². The van der Waals surface area contributed by atoms with Crippen molar-refractivity contribution in [3.63, 3.8) is 0 Å². The molecule has 0 aliphatic carbocycles. The van der Waals surface area contributed by atoms with Gasteiger partial charge in [-0.2, -0.15) is 5.10 Å². The molecule has 1 aromatic carbocycles. The summed E-state index contributed by atoms with van der Waals surface area (Å²) in [4.78, 5) is 0. The monoisotopic (exact) mass is 272 g/mol.